The Morgan fingerprint density at radius 2 is 1.67 bits per heavy atom. The van der Waals surface area contributed by atoms with Gasteiger partial charge in [-0.1, -0.05) is 62.7 Å². The van der Waals surface area contributed by atoms with E-state index >= 15 is 0 Å². The molecule has 1 atom stereocenters. The number of hydrogen-bond acceptors (Lipinski definition) is 1. The zero-order valence-electron chi connectivity index (χ0n) is 13.0. The van der Waals surface area contributed by atoms with E-state index in [-0.39, 0.29) is 10.6 Å². The minimum absolute atomic E-state index is 0.112. The molecule has 0 aliphatic rings. The van der Waals surface area contributed by atoms with E-state index in [0.717, 1.165) is 6.42 Å². The van der Waals surface area contributed by atoms with E-state index in [1.807, 2.05) is 38.1 Å². The van der Waals surface area contributed by atoms with Crippen LogP contribution in [0.1, 0.15) is 44.4 Å². The number of aryl methyl sites for hydroxylation is 1. The number of benzene rings is 2. The zero-order chi connectivity index (χ0) is 16.0. The first-order chi connectivity index (χ1) is 9.96. The summed E-state index contributed by atoms with van der Waals surface area (Å²) in [4.78, 5) is 0. The number of aliphatic hydroxyl groups is 1. The fourth-order valence-corrected chi connectivity index (χ4v) is 2.52. The lowest BCUT2D eigenvalue weighted by atomic mass is 9.87. The van der Waals surface area contributed by atoms with Gasteiger partial charge in [0.05, 0.1) is 0 Å². The van der Waals surface area contributed by atoms with E-state index < -0.39 is 11.4 Å². The molecule has 0 fully saturated rings. The van der Waals surface area contributed by atoms with Gasteiger partial charge in [0.15, 0.2) is 0 Å². The molecule has 3 heteroatoms. The molecular formula is C18H22ClFO. The van der Waals surface area contributed by atoms with Gasteiger partial charge >= 0.3 is 0 Å². The van der Waals surface area contributed by atoms with Crippen LogP contribution >= 0.6 is 11.6 Å². The summed E-state index contributed by atoms with van der Waals surface area (Å²) in [7, 11) is 0. The Hall–Kier alpha value is -1.38. The molecule has 2 aromatic carbocycles. The van der Waals surface area contributed by atoms with Crippen LogP contribution in [0.3, 0.4) is 0 Å². The maximum absolute atomic E-state index is 13.9. The average Bonchev–Trinajstić information content (AvgIpc) is 2.49. The Morgan fingerprint density at radius 1 is 1.10 bits per heavy atom. The molecule has 1 nitrogen and oxygen atoms in total. The maximum atomic E-state index is 13.9. The predicted molar refractivity (Wildman–Crippen MR) is 87.3 cm³/mol. The monoisotopic (exact) mass is 308 g/mol. The molecule has 0 aliphatic carbocycles. The minimum Gasteiger partial charge on any atom is -0.381 e. The van der Waals surface area contributed by atoms with Gasteiger partial charge in [0.2, 0.25) is 0 Å². The molecule has 0 bridgehead atoms. The first-order valence-corrected chi connectivity index (χ1v) is 7.61. The molecule has 1 N–H and O–H groups in total. The molecule has 0 amide bonds. The molecule has 0 spiro atoms. The number of rotatable bonds is 3. The second-order valence-electron chi connectivity index (χ2n) is 4.72. The lowest BCUT2D eigenvalue weighted by Gasteiger charge is -2.26. The molecule has 1 unspecified atom stereocenters. The van der Waals surface area contributed by atoms with Crippen molar-refractivity contribution in [1.29, 1.82) is 0 Å². The first-order valence-electron chi connectivity index (χ1n) is 7.23. The fourth-order valence-electron chi connectivity index (χ4n) is 2.17. The highest BCUT2D eigenvalue weighted by atomic mass is 35.5. The van der Waals surface area contributed by atoms with E-state index in [0.29, 0.717) is 5.56 Å². The van der Waals surface area contributed by atoms with Gasteiger partial charge < -0.3 is 5.11 Å². The quantitative estimate of drug-likeness (QED) is 0.813. The van der Waals surface area contributed by atoms with Crippen LogP contribution in [-0.4, -0.2) is 5.11 Å². The van der Waals surface area contributed by atoms with Gasteiger partial charge in [-0.2, -0.15) is 0 Å². The topological polar surface area (TPSA) is 20.2 Å². The summed E-state index contributed by atoms with van der Waals surface area (Å²) in [6, 6.07) is 11.9. The summed E-state index contributed by atoms with van der Waals surface area (Å²) in [5.41, 5.74) is 0.450. The van der Waals surface area contributed by atoms with Gasteiger partial charge in [-0.15, -0.1) is 0 Å². The average molecular weight is 309 g/mol. The third kappa shape index (κ3) is 3.84. The molecule has 0 saturated carbocycles. The van der Waals surface area contributed by atoms with Crippen LogP contribution in [0.5, 0.6) is 0 Å². The Labute approximate surface area is 131 Å². The molecule has 0 heterocycles. The second kappa shape index (κ2) is 7.58. The van der Waals surface area contributed by atoms with Crippen molar-refractivity contribution in [2.45, 2.75) is 39.7 Å². The van der Waals surface area contributed by atoms with Crippen LogP contribution in [0.25, 0.3) is 0 Å². The molecule has 2 rings (SSSR count). The lowest BCUT2D eigenvalue weighted by molar-refractivity contribution is 0.0980. The molecule has 0 saturated heterocycles. The molecular weight excluding hydrogens is 287 g/mol. The highest BCUT2D eigenvalue weighted by Gasteiger charge is 2.31. The van der Waals surface area contributed by atoms with Crippen LogP contribution in [-0.2, 0) is 12.0 Å². The summed E-state index contributed by atoms with van der Waals surface area (Å²) in [5, 5.41) is 10.9. The molecule has 2 aromatic rings. The van der Waals surface area contributed by atoms with Gasteiger partial charge in [0.25, 0.3) is 0 Å². The fraction of sp³-hybridized carbons (Fsp3) is 0.333. The van der Waals surface area contributed by atoms with Crippen molar-refractivity contribution in [3.05, 3.63) is 70.0 Å². The Bertz CT molecular complexity index is 556. The van der Waals surface area contributed by atoms with Crippen LogP contribution in [0, 0.1) is 5.82 Å². The summed E-state index contributed by atoms with van der Waals surface area (Å²) >= 11 is 6.02. The molecule has 0 aromatic heterocycles. The van der Waals surface area contributed by atoms with Gasteiger partial charge in [-0.3, -0.25) is 0 Å². The Morgan fingerprint density at radius 3 is 2.14 bits per heavy atom. The summed E-state index contributed by atoms with van der Waals surface area (Å²) in [6.07, 6.45) is 0.920. The highest BCUT2D eigenvalue weighted by Crippen LogP contribution is 2.35. The van der Waals surface area contributed by atoms with Crippen molar-refractivity contribution < 1.29 is 9.50 Å². The largest absolute Gasteiger partial charge is 0.381 e. The van der Waals surface area contributed by atoms with Crippen molar-refractivity contribution in [1.82, 2.24) is 0 Å². The van der Waals surface area contributed by atoms with Gasteiger partial charge in [-0.05, 0) is 36.6 Å². The third-order valence-corrected chi connectivity index (χ3v) is 3.69. The van der Waals surface area contributed by atoms with Crippen LogP contribution in [0.4, 0.5) is 4.39 Å². The smallest absolute Gasteiger partial charge is 0.131 e. The maximum Gasteiger partial charge on any atom is 0.131 e. The van der Waals surface area contributed by atoms with E-state index in [1.54, 1.807) is 13.0 Å². The summed E-state index contributed by atoms with van der Waals surface area (Å²) in [6.45, 7) is 7.61. The highest BCUT2D eigenvalue weighted by molar-refractivity contribution is 6.31. The van der Waals surface area contributed by atoms with Crippen molar-refractivity contribution in [2.24, 2.45) is 0 Å². The standard InChI is InChI=1S/C16H16ClFO.C2H6/c1-3-11-7-9-12(10-8-11)16(2,19)15-13(17)5-4-6-14(15)18;1-2/h4-10,19H,3H2,1-2H3;1-2H3. The van der Waals surface area contributed by atoms with Gasteiger partial charge in [0.1, 0.15) is 11.4 Å². The molecule has 0 aliphatic heterocycles. The SMILES string of the molecule is CC.CCc1ccc(C(C)(O)c2c(F)cccc2Cl)cc1. The third-order valence-electron chi connectivity index (χ3n) is 3.37. The Kier molecular flexibility index (Phi) is 6.38. The summed E-state index contributed by atoms with van der Waals surface area (Å²) < 4.78 is 13.9. The molecule has 114 valence electrons. The van der Waals surface area contributed by atoms with Crippen molar-refractivity contribution in [3.8, 4) is 0 Å². The number of hydrogen-bond donors (Lipinski definition) is 1. The van der Waals surface area contributed by atoms with E-state index in [4.69, 9.17) is 11.6 Å². The summed E-state index contributed by atoms with van der Waals surface area (Å²) in [5.74, 6) is -0.503. The Balaban J connectivity index is 0.00000106. The van der Waals surface area contributed by atoms with Crippen molar-refractivity contribution in [3.63, 3.8) is 0 Å². The van der Waals surface area contributed by atoms with Gasteiger partial charge in [-0.25, -0.2) is 4.39 Å². The first kappa shape index (κ1) is 17.7. The predicted octanol–water partition coefficient (Wildman–Crippen LogP) is 5.32. The second-order valence-corrected chi connectivity index (χ2v) is 5.13. The van der Waals surface area contributed by atoms with E-state index in [2.05, 4.69) is 6.92 Å². The number of halogens is 2. The van der Waals surface area contributed by atoms with E-state index in [9.17, 15) is 9.50 Å². The zero-order valence-corrected chi connectivity index (χ0v) is 13.7. The van der Waals surface area contributed by atoms with Crippen LogP contribution < -0.4 is 0 Å². The van der Waals surface area contributed by atoms with Crippen LogP contribution in [0.15, 0.2) is 42.5 Å². The van der Waals surface area contributed by atoms with Crippen LogP contribution in [0.2, 0.25) is 5.02 Å². The normalized spacial score (nSPS) is 13.1. The van der Waals surface area contributed by atoms with E-state index in [1.165, 1.54) is 17.7 Å². The minimum atomic E-state index is -1.45. The molecule has 0 radical (unpaired) electrons. The van der Waals surface area contributed by atoms with Crippen molar-refractivity contribution in [2.75, 3.05) is 0 Å². The molecule has 21 heavy (non-hydrogen) atoms. The van der Waals surface area contributed by atoms with Gasteiger partial charge in [0, 0.05) is 10.6 Å². The van der Waals surface area contributed by atoms with Crippen molar-refractivity contribution >= 4 is 11.6 Å². The lowest BCUT2D eigenvalue weighted by Crippen LogP contribution is -2.24.